The largest absolute Gasteiger partial charge is 0.247 e. The minimum Gasteiger partial charge on any atom is -0.224 e. The van der Waals surface area contributed by atoms with Crippen molar-refractivity contribution in [3.05, 3.63) is 15.4 Å². The van der Waals surface area contributed by atoms with Crippen molar-refractivity contribution < 1.29 is 8.42 Å². The third kappa shape index (κ3) is 1.96. The number of nitrogens with two attached hydrogens (primary N) is 1. The lowest BCUT2D eigenvalue weighted by Gasteiger charge is -1.90. The van der Waals surface area contributed by atoms with Crippen LogP contribution in [0.1, 0.15) is 23.6 Å². The number of primary sulfonamides is 1. The van der Waals surface area contributed by atoms with Crippen molar-refractivity contribution in [2.75, 3.05) is 0 Å². The third-order valence-corrected chi connectivity index (χ3v) is 5.56. The molecule has 1 aliphatic carbocycles. The summed E-state index contributed by atoms with van der Waals surface area (Å²) in [6.07, 6.45) is 2.31. The standard InChI is InChI=1S/C7H8BrNO2S2/c8-5-3-6(13(9,10)11)12-7(5)4-1-2-4/h3-4H,1-2H2,(H2,9,10,11). The summed E-state index contributed by atoms with van der Waals surface area (Å²) >= 11 is 4.62. The molecular weight excluding hydrogens is 274 g/mol. The molecule has 1 heterocycles. The molecule has 2 rings (SSSR count). The molecule has 1 aromatic heterocycles. The van der Waals surface area contributed by atoms with Gasteiger partial charge in [0.05, 0.1) is 0 Å². The van der Waals surface area contributed by atoms with Crippen molar-refractivity contribution >= 4 is 37.3 Å². The van der Waals surface area contributed by atoms with E-state index in [9.17, 15) is 8.42 Å². The predicted molar refractivity (Wildman–Crippen MR) is 55.4 cm³/mol. The molecule has 13 heavy (non-hydrogen) atoms. The van der Waals surface area contributed by atoms with Crippen molar-refractivity contribution in [1.29, 1.82) is 0 Å². The van der Waals surface area contributed by atoms with Gasteiger partial charge in [-0.25, -0.2) is 13.6 Å². The van der Waals surface area contributed by atoms with Crippen LogP contribution in [0.25, 0.3) is 0 Å². The molecule has 0 bridgehead atoms. The highest BCUT2D eigenvalue weighted by molar-refractivity contribution is 9.10. The summed E-state index contributed by atoms with van der Waals surface area (Å²) < 4.78 is 23.1. The van der Waals surface area contributed by atoms with Gasteiger partial charge in [0.25, 0.3) is 0 Å². The Labute approximate surface area is 89.1 Å². The Balaban J connectivity index is 2.46. The van der Waals surface area contributed by atoms with Gasteiger partial charge in [0.1, 0.15) is 4.21 Å². The number of thiophene rings is 1. The van der Waals surface area contributed by atoms with Gasteiger partial charge in [-0.05, 0) is 40.8 Å². The van der Waals surface area contributed by atoms with E-state index in [1.165, 1.54) is 11.3 Å². The van der Waals surface area contributed by atoms with Crippen LogP contribution in [0.3, 0.4) is 0 Å². The van der Waals surface area contributed by atoms with Gasteiger partial charge in [-0.1, -0.05) is 0 Å². The molecule has 1 fully saturated rings. The monoisotopic (exact) mass is 281 g/mol. The van der Waals surface area contributed by atoms with E-state index in [4.69, 9.17) is 5.14 Å². The molecule has 0 amide bonds. The summed E-state index contributed by atoms with van der Waals surface area (Å²) in [4.78, 5) is 1.11. The Bertz CT molecular complexity index is 433. The van der Waals surface area contributed by atoms with Crippen LogP contribution in [0.4, 0.5) is 0 Å². The molecule has 0 atom stereocenters. The Morgan fingerprint density at radius 1 is 1.54 bits per heavy atom. The van der Waals surface area contributed by atoms with Crippen LogP contribution in [0.2, 0.25) is 0 Å². The second-order valence-corrected chi connectivity index (χ2v) is 6.82. The first-order chi connectivity index (χ1) is 5.98. The summed E-state index contributed by atoms with van der Waals surface area (Å²) in [5.74, 6) is 0.551. The molecule has 72 valence electrons. The molecule has 2 N–H and O–H groups in total. The second kappa shape index (κ2) is 3.05. The van der Waals surface area contributed by atoms with Crippen molar-refractivity contribution in [3.8, 4) is 0 Å². The van der Waals surface area contributed by atoms with Gasteiger partial charge in [0.2, 0.25) is 10.0 Å². The van der Waals surface area contributed by atoms with Crippen molar-refractivity contribution in [2.24, 2.45) is 5.14 Å². The van der Waals surface area contributed by atoms with Crippen LogP contribution < -0.4 is 5.14 Å². The predicted octanol–water partition coefficient (Wildman–Crippen LogP) is 2.04. The van der Waals surface area contributed by atoms with Gasteiger partial charge in [0.15, 0.2) is 0 Å². The lowest BCUT2D eigenvalue weighted by atomic mass is 10.3. The van der Waals surface area contributed by atoms with E-state index in [-0.39, 0.29) is 4.21 Å². The quantitative estimate of drug-likeness (QED) is 0.902. The fourth-order valence-corrected chi connectivity index (χ4v) is 4.19. The van der Waals surface area contributed by atoms with Crippen molar-refractivity contribution in [2.45, 2.75) is 23.0 Å². The molecule has 6 heteroatoms. The third-order valence-electron chi connectivity index (χ3n) is 1.92. The maximum absolute atomic E-state index is 11.0. The van der Waals surface area contributed by atoms with Crippen LogP contribution in [0.15, 0.2) is 14.7 Å². The zero-order valence-electron chi connectivity index (χ0n) is 6.66. The SMILES string of the molecule is NS(=O)(=O)c1cc(Br)c(C2CC2)s1. The summed E-state index contributed by atoms with van der Waals surface area (Å²) in [7, 11) is -3.52. The highest BCUT2D eigenvalue weighted by atomic mass is 79.9. The van der Waals surface area contributed by atoms with E-state index in [1.54, 1.807) is 6.07 Å². The Morgan fingerprint density at radius 3 is 2.54 bits per heavy atom. The average Bonchev–Trinajstić information content (AvgIpc) is 2.73. The number of hydrogen-bond acceptors (Lipinski definition) is 3. The molecule has 0 aliphatic heterocycles. The van der Waals surface area contributed by atoms with Crippen LogP contribution >= 0.6 is 27.3 Å². The first-order valence-electron chi connectivity index (χ1n) is 3.80. The van der Waals surface area contributed by atoms with Crippen LogP contribution in [0, 0.1) is 0 Å². The Morgan fingerprint density at radius 2 is 2.15 bits per heavy atom. The fraction of sp³-hybridized carbons (Fsp3) is 0.429. The lowest BCUT2D eigenvalue weighted by molar-refractivity contribution is 0.600. The van der Waals surface area contributed by atoms with Gasteiger partial charge in [0, 0.05) is 9.35 Å². The van der Waals surface area contributed by atoms with Crippen molar-refractivity contribution in [3.63, 3.8) is 0 Å². The molecule has 0 aromatic carbocycles. The molecule has 0 radical (unpaired) electrons. The summed E-state index contributed by atoms with van der Waals surface area (Å²) in [5, 5.41) is 5.02. The van der Waals surface area contributed by atoms with E-state index in [1.807, 2.05) is 0 Å². The highest BCUT2D eigenvalue weighted by Gasteiger charge is 2.29. The molecule has 1 aliphatic rings. The Hall–Kier alpha value is 0.0900. The van der Waals surface area contributed by atoms with Gasteiger partial charge in [-0.15, -0.1) is 11.3 Å². The molecule has 3 nitrogen and oxygen atoms in total. The zero-order chi connectivity index (χ0) is 9.64. The normalized spacial score (nSPS) is 17.7. The average molecular weight is 282 g/mol. The minimum absolute atomic E-state index is 0.251. The van der Waals surface area contributed by atoms with Crippen LogP contribution in [-0.4, -0.2) is 8.42 Å². The molecule has 0 unspecified atom stereocenters. The summed E-state index contributed by atoms with van der Waals surface area (Å²) in [5.41, 5.74) is 0. The molecular formula is C7H8BrNO2S2. The lowest BCUT2D eigenvalue weighted by Crippen LogP contribution is -2.09. The van der Waals surface area contributed by atoms with Gasteiger partial charge >= 0.3 is 0 Å². The van der Waals surface area contributed by atoms with E-state index in [0.717, 1.165) is 22.2 Å². The number of sulfonamides is 1. The smallest absolute Gasteiger partial charge is 0.224 e. The first kappa shape index (κ1) is 9.64. The number of hydrogen-bond donors (Lipinski definition) is 1. The van der Waals surface area contributed by atoms with E-state index < -0.39 is 10.0 Å². The van der Waals surface area contributed by atoms with Crippen LogP contribution in [0.5, 0.6) is 0 Å². The van der Waals surface area contributed by atoms with Gasteiger partial charge in [-0.3, -0.25) is 0 Å². The van der Waals surface area contributed by atoms with Crippen LogP contribution in [-0.2, 0) is 10.0 Å². The molecule has 1 aromatic rings. The van der Waals surface area contributed by atoms with E-state index in [0.29, 0.717) is 5.92 Å². The highest BCUT2D eigenvalue weighted by Crippen LogP contribution is 2.47. The maximum Gasteiger partial charge on any atom is 0.247 e. The minimum atomic E-state index is -3.52. The molecule has 0 spiro atoms. The maximum atomic E-state index is 11.0. The molecule has 1 saturated carbocycles. The van der Waals surface area contributed by atoms with Gasteiger partial charge < -0.3 is 0 Å². The number of halogens is 1. The zero-order valence-corrected chi connectivity index (χ0v) is 9.88. The van der Waals surface area contributed by atoms with E-state index >= 15 is 0 Å². The van der Waals surface area contributed by atoms with Gasteiger partial charge in [-0.2, -0.15) is 0 Å². The first-order valence-corrected chi connectivity index (χ1v) is 6.96. The second-order valence-electron chi connectivity index (χ2n) is 3.10. The van der Waals surface area contributed by atoms with Crippen molar-refractivity contribution in [1.82, 2.24) is 0 Å². The summed E-state index contributed by atoms with van der Waals surface area (Å²) in [6, 6.07) is 1.59. The summed E-state index contributed by atoms with van der Waals surface area (Å²) in [6.45, 7) is 0. The Kier molecular flexibility index (Phi) is 2.26. The fourth-order valence-electron chi connectivity index (χ4n) is 1.13. The van der Waals surface area contributed by atoms with E-state index in [2.05, 4.69) is 15.9 Å². The molecule has 0 saturated heterocycles. The topological polar surface area (TPSA) is 60.2 Å². The number of rotatable bonds is 2.